The highest BCUT2D eigenvalue weighted by Gasteiger charge is 2.65. The minimum absolute atomic E-state index is 0.0101. The summed E-state index contributed by atoms with van der Waals surface area (Å²) in [5.74, 6) is 1.64. The first-order chi connectivity index (χ1) is 22.2. The second kappa shape index (κ2) is 14.8. The molecule has 5 rings (SSSR count). The van der Waals surface area contributed by atoms with Gasteiger partial charge in [-0.25, -0.2) is 19.5 Å². The van der Waals surface area contributed by atoms with Crippen LogP contribution in [0.15, 0.2) is 39.9 Å². The lowest BCUT2D eigenvalue weighted by Gasteiger charge is -2.20. The average Bonchev–Trinajstić information content (AvgIpc) is 3.69. The van der Waals surface area contributed by atoms with Crippen LogP contribution in [0.1, 0.15) is 22.9 Å². The molecule has 1 aromatic carbocycles. The highest BCUT2D eigenvalue weighted by atomic mass is 33.1. The van der Waals surface area contributed by atoms with Gasteiger partial charge in [-0.2, -0.15) is 13.2 Å². The van der Waals surface area contributed by atoms with E-state index in [1.807, 2.05) is 0 Å². The summed E-state index contributed by atoms with van der Waals surface area (Å²) in [7, 11) is -1.64. The van der Waals surface area contributed by atoms with Crippen molar-refractivity contribution in [2.45, 2.75) is 53.8 Å². The van der Waals surface area contributed by atoms with Crippen LogP contribution in [-0.4, -0.2) is 95.2 Å². The number of aliphatic hydroxyl groups excluding tert-OH is 2. The van der Waals surface area contributed by atoms with Crippen molar-refractivity contribution in [3.05, 3.63) is 41.2 Å². The van der Waals surface area contributed by atoms with E-state index in [1.165, 1.54) is 16.7 Å². The van der Waals surface area contributed by atoms with Gasteiger partial charge >= 0.3 is 19.7 Å². The quantitative estimate of drug-likeness (QED) is 0.0480. The highest BCUT2D eigenvalue weighted by molar-refractivity contribution is 8.76. The number of benzene rings is 1. The van der Waals surface area contributed by atoms with Crippen molar-refractivity contribution in [3.8, 4) is 0 Å². The van der Waals surface area contributed by atoms with Crippen molar-refractivity contribution >= 4 is 58.2 Å². The van der Waals surface area contributed by atoms with E-state index in [1.54, 1.807) is 27.7 Å². The van der Waals surface area contributed by atoms with Crippen LogP contribution in [-0.2, 0) is 31.8 Å². The Bertz CT molecular complexity index is 1640. The zero-order chi connectivity index (χ0) is 34.0. The zero-order valence-corrected chi connectivity index (χ0v) is 27.6. The molecule has 4 heterocycles. The molecule has 16 nitrogen and oxygen atoms in total. The molecule has 4 atom stereocenters. The number of ether oxygens (including phenoxy) is 1. The van der Waals surface area contributed by atoms with Crippen LogP contribution in [0, 0.1) is 0 Å². The largest absolute Gasteiger partial charge is 0.469 e. The maximum Gasteiger partial charge on any atom is 0.469 e. The number of hydrogen-bond acceptors (Lipinski definition) is 16. The number of fused-ring (bicyclic) bond motifs is 1. The van der Waals surface area contributed by atoms with Crippen molar-refractivity contribution in [2.75, 3.05) is 36.9 Å². The van der Waals surface area contributed by atoms with Gasteiger partial charge in [0.05, 0.1) is 6.61 Å². The van der Waals surface area contributed by atoms with Crippen LogP contribution >= 0.6 is 41.2 Å². The van der Waals surface area contributed by atoms with Gasteiger partial charge in [0.15, 0.2) is 28.4 Å². The van der Waals surface area contributed by atoms with E-state index < -0.39 is 50.8 Å². The predicted octanol–water partition coefficient (Wildman–Crippen LogP) is 2.04. The smallest absolute Gasteiger partial charge is 0.387 e. The Kier molecular flexibility index (Phi) is 11.4. The minimum atomic E-state index is -4.91. The normalized spacial score (nSPS) is 22.4. The number of halogens is 3. The third kappa shape index (κ3) is 8.39. The number of nitrogen functional groups attached to an aromatic ring is 1. The average molecular weight is 742 g/mol. The fourth-order valence-electron chi connectivity index (χ4n) is 4.74. The van der Waals surface area contributed by atoms with Crippen LogP contribution in [0.3, 0.4) is 0 Å². The maximum absolute atomic E-state index is 14.0. The molecular weight excluding hydrogens is 710 g/mol. The van der Waals surface area contributed by atoms with E-state index in [-0.39, 0.29) is 40.0 Å². The minimum Gasteiger partial charge on any atom is -0.387 e. The van der Waals surface area contributed by atoms with Crippen molar-refractivity contribution in [1.29, 1.82) is 0 Å². The summed E-state index contributed by atoms with van der Waals surface area (Å²) in [5, 5.41) is 31.5. The molecule has 23 heteroatoms. The van der Waals surface area contributed by atoms with E-state index in [9.17, 15) is 27.9 Å². The summed E-state index contributed by atoms with van der Waals surface area (Å²) in [6.45, 7) is 0.719. The zero-order valence-electron chi connectivity index (χ0n) is 24.2. The molecule has 1 fully saturated rings. The van der Waals surface area contributed by atoms with Crippen LogP contribution < -0.4 is 16.8 Å². The number of thioether (sulfide) groups is 1. The van der Waals surface area contributed by atoms with E-state index in [2.05, 4.69) is 35.0 Å². The van der Waals surface area contributed by atoms with Gasteiger partial charge in [0, 0.05) is 42.5 Å². The molecule has 0 aliphatic carbocycles. The van der Waals surface area contributed by atoms with Gasteiger partial charge in [-0.05, 0) is 17.2 Å². The lowest BCUT2D eigenvalue weighted by molar-refractivity contribution is -0.166. The number of hydrogen-bond donors (Lipinski definition) is 7. The molecule has 0 spiro atoms. The van der Waals surface area contributed by atoms with Gasteiger partial charge in [0.1, 0.15) is 24.6 Å². The summed E-state index contributed by atoms with van der Waals surface area (Å²) in [5.41, 5.74) is 10.0. The summed E-state index contributed by atoms with van der Waals surface area (Å²) in [6.07, 6.45) is -9.52. The molecule has 1 saturated heterocycles. The molecule has 0 bridgehead atoms. The highest BCUT2D eigenvalue weighted by Crippen LogP contribution is 2.53. The number of aliphatic hydroxyl groups is 2. The number of phosphoric ester groups is 1. The molecule has 47 heavy (non-hydrogen) atoms. The van der Waals surface area contributed by atoms with Gasteiger partial charge < -0.3 is 41.5 Å². The van der Waals surface area contributed by atoms with Gasteiger partial charge in [0.2, 0.25) is 0 Å². The Hall–Kier alpha value is -2.08. The fourth-order valence-corrected chi connectivity index (χ4v) is 7.83. The van der Waals surface area contributed by atoms with Gasteiger partial charge in [-0.15, -0.1) is 10.2 Å². The van der Waals surface area contributed by atoms with E-state index in [0.29, 0.717) is 24.2 Å². The Morgan fingerprint density at radius 2 is 1.83 bits per heavy atom. The number of nitrogens with two attached hydrogens (primary N) is 2. The van der Waals surface area contributed by atoms with E-state index >= 15 is 0 Å². The van der Waals surface area contributed by atoms with Crippen LogP contribution in [0.5, 0.6) is 0 Å². The number of anilines is 1. The monoisotopic (exact) mass is 741 g/mol. The van der Waals surface area contributed by atoms with Gasteiger partial charge in [-0.1, -0.05) is 45.5 Å². The number of alkyl halides is 3. The van der Waals surface area contributed by atoms with Crippen molar-refractivity contribution in [1.82, 2.24) is 24.8 Å². The van der Waals surface area contributed by atoms with Crippen LogP contribution in [0.25, 0.3) is 11.2 Å². The molecule has 9 N–H and O–H groups in total. The number of nitrogens with one attached hydrogen (secondary N) is 1. The molecule has 0 amide bonds. The number of phosphoric acid groups is 1. The second-order valence-electron chi connectivity index (χ2n) is 10.3. The first-order valence-corrected chi connectivity index (χ1v) is 18.9. The molecule has 0 saturated carbocycles. The Labute approximate surface area is 277 Å². The molecular formula is C24H31F3N9O7PS3. The molecule has 2 aliphatic rings. The third-order valence-corrected chi connectivity index (χ3v) is 10.9. The Morgan fingerprint density at radius 1 is 1.11 bits per heavy atom. The molecule has 0 radical (unpaired) electrons. The second-order valence-corrected chi connectivity index (χ2v) is 15.2. The molecule has 2 aromatic heterocycles. The first kappa shape index (κ1) is 36.2. The van der Waals surface area contributed by atoms with Crippen LogP contribution in [0.4, 0.5) is 19.0 Å². The molecule has 0 unspecified atom stereocenters. The number of nitrogens with zero attached hydrogens (tertiary/aromatic N) is 6. The van der Waals surface area contributed by atoms with Crippen molar-refractivity contribution in [2.24, 2.45) is 16.0 Å². The Balaban J connectivity index is 1.40. The fraction of sp³-hybridized carbons (Fsp3) is 0.542. The van der Waals surface area contributed by atoms with Crippen molar-refractivity contribution < 1.29 is 47.0 Å². The summed E-state index contributed by atoms with van der Waals surface area (Å²) in [6, 6.07) is 4.53. The molecule has 3 aromatic rings. The van der Waals surface area contributed by atoms with E-state index in [0.717, 1.165) is 29.6 Å². The number of rotatable bonds is 16. The van der Waals surface area contributed by atoms with Crippen molar-refractivity contribution in [3.63, 3.8) is 0 Å². The number of aromatic nitrogens is 4. The van der Waals surface area contributed by atoms with Gasteiger partial charge in [0.25, 0.3) is 0 Å². The first-order valence-electron chi connectivity index (χ1n) is 13.9. The summed E-state index contributed by atoms with van der Waals surface area (Å²) < 4.78 is 64.7. The SMILES string of the molecule is NCCSSCCNCc1cc(CSc2nc3c(N)ncnc3n2[C@@H]2O[C@H](COP(=O)(O)O)[C@@H](O)[C@H]2O)cc(C2(C(F)(F)F)N=N2)c1. The predicted molar refractivity (Wildman–Crippen MR) is 168 cm³/mol. The molecule has 2 aliphatic heterocycles. The Morgan fingerprint density at radius 3 is 2.51 bits per heavy atom. The van der Waals surface area contributed by atoms with Crippen LogP contribution in [0.2, 0.25) is 0 Å². The topological polar surface area (TPSA) is 249 Å². The lowest BCUT2D eigenvalue weighted by atomic mass is 9.97. The van der Waals surface area contributed by atoms with E-state index in [4.69, 9.17) is 26.0 Å². The summed E-state index contributed by atoms with van der Waals surface area (Å²) >= 11 is 1.06. The maximum atomic E-state index is 14.0. The standard InChI is InChI=1S/C24H31F3N9O7PS3/c25-24(26,27)23(34-35-23)14-6-12(8-30-2-4-47-46-3-1-28)5-13(7-14)10-45-22-33-16-19(29)31-11-32-20(16)36(22)21-18(38)17(37)15(43-21)9-42-44(39,40)41/h5-7,11,15,17-18,21,30,37-38H,1-4,8-10,28H2,(H2,29,31,32)(H2,39,40,41)/t15-,17-,18-,21-/m1/s1. The number of imidazole rings is 1. The molecule has 258 valence electrons. The third-order valence-electron chi connectivity index (χ3n) is 6.97. The van der Waals surface area contributed by atoms with Gasteiger partial charge in [-0.3, -0.25) is 9.09 Å². The lowest BCUT2D eigenvalue weighted by Crippen LogP contribution is -2.33. The summed E-state index contributed by atoms with van der Waals surface area (Å²) in [4.78, 5) is 30.7.